The molecule has 0 aromatic heterocycles. The molecule has 1 saturated heterocycles. The smallest absolute Gasteiger partial charge is 0.239 e. The van der Waals surface area contributed by atoms with Crippen molar-refractivity contribution >= 4 is 17.5 Å². The van der Waals surface area contributed by atoms with Crippen LogP contribution in [-0.2, 0) is 4.79 Å². The van der Waals surface area contributed by atoms with E-state index < -0.39 is 0 Å². The lowest BCUT2D eigenvalue weighted by Gasteiger charge is -2.37. The summed E-state index contributed by atoms with van der Waals surface area (Å²) in [6, 6.07) is -0.167. The Morgan fingerprint density at radius 1 is 1.21 bits per heavy atom. The van der Waals surface area contributed by atoms with Gasteiger partial charge >= 0.3 is 0 Å². The summed E-state index contributed by atoms with van der Waals surface area (Å²) in [5.41, 5.74) is 2.72. The number of nitrogens with zero attached hydrogens (tertiary/aromatic N) is 1. The second kappa shape index (κ2) is 10.3. The van der Waals surface area contributed by atoms with Crippen LogP contribution < -0.4 is 5.32 Å². The number of hydrogen-bond acceptors (Lipinski definition) is 3. The van der Waals surface area contributed by atoms with E-state index in [2.05, 4.69) is 32.2 Å². The molecule has 29 heavy (non-hydrogen) atoms. The number of carbonyl (C=O) groups is 1. The molecule has 0 bridgehead atoms. The third-order valence-corrected chi connectivity index (χ3v) is 7.17. The minimum absolute atomic E-state index is 0.167. The number of amides is 1. The zero-order valence-corrected chi connectivity index (χ0v) is 18.9. The second-order valence-electron chi connectivity index (χ2n) is 9.39. The van der Waals surface area contributed by atoms with E-state index in [1.54, 1.807) is 0 Å². The Labute approximate surface area is 181 Å². The molecular weight excluding hydrogens is 384 g/mol. The third kappa shape index (κ3) is 5.96. The van der Waals surface area contributed by atoms with Crippen LogP contribution in [0.25, 0.3) is 0 Å². The van der Waals surface area contributed by atoms with Crippen molar-refractivity contribution < 1.29 is 9.90 Å². The third-order valence-electron chi connectivity index (χ3n) is 6.85. The SMILES string of the molecule is CC1CCC(CN[C@@H](C(=O)N2CCC(C3=CC=C(Cl)CC3)CC2)C(C)C)=CC1O. The maximum Gasteiger partial charge on any atom is 0.239 e. The van der Waals surface area contributed by atoms with Crippen molar-refractivity contribution in [3.8, 4) is 0 Å². The standard InChI is InChI=1S/C24H37ClN2O2/c1-16(2)23(26-15-18-5-4-17(3)22(28)14-18)24(29)27-12-10-20(11-13-27)19-6-8-21(25)9-7-19/h6,8,14,16-17,20,22-23,26,28H,4-5,7,9-13,15H2,1-3H3/t17?,22?,23-/m1/s1. The molecule has 1 amide bonds. The van der Waals surface area contributed by atoms with E-state index in [0.717, 1.165) is 56.6 Å². The van der Waals surface area contributed by atoms with Gasteiger partial charge < -0.3 is 15.3 Å². The van der Waals surface area contributed by atoms with Gasteiger partial charge in [0.25, 0.3) is 0 Å². The number of halogens is 1. The first-order chi connectivity index (χ1) is 13.8. The van der Waals surface area contributed by atoms with Crippen LogP contribution in [0.4, 0.5) is 0 Å². The van der Waals surface area contributed by atoms with Crippen molar-refractivity contribution in [2.75, 3.05) is 19.6 Å². The quantitative estimate of drug-likeness (QED) is 0.626. The summed E-state index contributed by atoms with van der Waals surface area (Å²) in [4.78, 5) is 15.3. The zero-order valence-electron chi connectivity index (χ0n) is 18.2. The number of carbonyl (C=O) groups excluding carboxylic acids is 1. The molecule has 1 aliphatic heterocycles. The van der Waals surface area contributed by atoms with E-state index in [1.165, 1.54) is 11.1 Å². The summed E-state index contributed by atoms with van der Waals surface area (Å²) >= 11 is 6.09. The molecule has 2 unspecified atom stereocenters. The molecule has 3 rings (SSSR count). The van der Waals surface area contributed by atoms with Crippen molar-refractivity contribution in [2.24, 2.45) is 17.8 Å². The highest BCUT2D eigenvalue weighted by Gasteiger charge is 2.31. The van der Waals surface area contributed by atoms with Crippen molar-refractivity contribution in [3.63, 3.8) is 0 Å². The van der Waals surface area contributed by atoms with Crippen LogP contribution in [0.5, 0.6) is 0 Å². The van der Waals surface area contributed by atoms with Gasteiger partial charge in [-0.25, -0.2) is 0 Å². The Kier molecular flexibility index (Phi) is 8.00. The van der Waals surface area contributed by atoms with Gasteiger partial charge in [0, 0.05) is 24.7 Å². The van der Waals surface area contributed by atoms with Gasteiger partial charge in [-0.05, 0) is 62.4 Å². The first-order valence-corrected chi connectivity index (χ1v) is 11.7. The summed E-state index contributed by atoms with van der Waals surface area (Å²) in [6.07, 6.45) is 12.0. The number of rotatable bonds is 6. The summed E-state index contributed by atoms with van der Waals surface area (Å²) in [6.45, 7) is 8.66. The molecule has 5 heteroatoms. The molecule has 0 radical (unpaired) electrons. The lowest BCUT2D eigenvalue weighted by atomic mass is 9.84. The molecule has 0 aromatic rings. The van der Waals surface area contributed by atoms with Crippen molar-refractivity contribution in [1.29, 1.82) is 0 Å². The van der Waals surface area contributed by atoms with Crippen LogP contribution in [0.3, 0.4) is 0 Å². The molecule has 4 nitrogen and oxygen atoms in total. The number of piperidine rings is 1. The lowest BCUT2D eigenvalue weighted by molar-refractivity contribution is -0.135. The van der Waals surface area contributed by atoms with Crippen LogP contribution in [0.2, 0.25) is 0 Å². The van der Waals surface area contributed by atoms with E-state index in [0.29, 0.717) is 18.4 Å². The Morgan fingerprint density at radius 2 is 1.93 bits per heavy atom. The predicted molar refractivity (Wildman–Crippen MR) is 120 cm³/mol. The van der Waals surface area contributed by atoms with Gasteiger partial charge in [-0.2, -0.15) is 0 Å². The molecule has 0 spiro atoms. The Morgan fingerprint density at radius 3 is 2.52 bits per heavy atom. The largest absolute Gasteiger partial charge is 0.389 e. The molecule has 0 aromatic carbocycles. The number of likely N-dealkylation sites (tertiary alicyclic amines) is 1. The Balaban J connectivity index is 1.53. The van der Waals surface area contributed by atoms with E-state index in [1.807, 2.05) is 17.1 Å². The molecule has 3 aliphatic rings. The van der Waals surface area contributed by atoms with Gasteiger partial charge in [0.2, 0.25) is 5.91 Å². The van der Waals surface area contributed by atoms with Crippen LogP contribution in [0, 0.1) is 17.8 Å². The van der Waals surface area contributed by atoms with Crippen LogP contribution in [0.1, 0.15) is 59.3 Å². The Hall–Kier alpha value is -1.10. The van der Waals surface area contributed by atoms with Gasteiger partial charge in [0.05, 0.1) is 12.1 Å². The summed E-state index contributed by atoms with van der Waals surface area (Å²) in [5.74, 6) is 1.38. The van der Waals surface area contributed by atoms with Gasteiger partial charge in [0.1, 0.15) is 0 Å². The first kappa shape index (κ1) is 22.6. The van der Waals surface area contributed by atoms with Gasteiger partial charge in [-0.3, -0.25) is 4.79 Å². The zero-order chi connectivity index (χ0) is 21.0. The molecule has 2 aliphatic carbocycles. The predicted octanol–water partition coefficient (Wildman–Crippen LogP) is 4.40. The first-order valence-electron chi connectivity index (χ1n) is 11.3. The van der Waals surface area contributed by atoms with Crippen molar-refractivity contribution in [2.45, 2.75) is 71.4 Å². The molecule has 3 atom stereocenters. The molecular formula is C24H37ClN2O2. The minimum atomic E-state index is -0.355. The normalized spacial score (nSPS) is 27.4. The van der Waals surface area contributed by atoms with Gasteiger partial charge in [-0.15, -0.1) is 0 Å². The number of hydrogen-bond donors (Lipinski definition) is 2. The fourth-order valence-electron chi connectivity index (χ4n) is 4.70. The van der Waals surface area contributed by atoms with Gasteiger partial charge in [-0.1, -0.05) is 55.7 Å². The molecule has 1 heterocycles. The highest BCUT2D eigenvalue weighted by Crippen LogP contribution is 2.32. The van der Waals surface area contributed by atoms with Crippen molar-refractivity contribution in [1.82, 2.24) is 10.2 Å². The molecule has 2 N–H and O–H groups in total. The highest BCUT2D eigenvalue weighted by atomic mass is 35.5. The fraction of sp³-hybridized carbons (Fsp3) is 0.708. The van der Waals surface area contributed by atoms with Gasteiger partial charge in [0.15, 0.2) is 0 Å². The van der Waals surface area contributed by atoms with E-state index in [9.17, 15) is 9.90 Å². The summed E-state index contributed by atoms with van der Waals surface area (Å²) in [7, 11) is 0. The summed E-state index contributed by atoms with van der Waals surface area (Å²) < 4.78 is 0. The Bertz CT molecular complexity index is 674. The maximum absolute atomic E-state index is 13.2. The molecule has 0 saturated carbocycles. The van der Waals surface area contributed by atoms with E-state index in [4.69, 9.17) is 11.6 Å². The van der Waals surface area contributed by atoms with E-state index in [-0.39, 0.29) is 24.0 Å². The van der Waals surface area contributed by atoms with Crippen LogP contribution in [-0.4, -0.2) is 47.7 Å². The lowest BCUT2D eigenvalue weighted by Crippen LogP contribution is -2.52. The highest BCUT2D eigenvalue weighted by molar-refractivity contribution is 6.29. The fourth-order valence-corrected chi connectivity index (χ4v) is 4.86. The number of aliphatic hydroxyl groups is 1. The second-order valence-corrected chi connectivity index (χ2v) is 9.87. The molecule has 1 fully saturated rings. The molecule has 162 valence electrons. The monoisotopic (exact) mass is 420 g/mol. The number of nitrogens with one attached hydrogen (secondary N) is 1. The van der Waals surface area contributed by atoms with Crippen LogP contribution in [0.15, 0.2) is 34.4 Å². The van der Waals surface area contributed by atoms with Crippen molar-refractivity contribution in [3.05, 3.63) is 34.4 Å². The number of allylic oxidation sites excluding steroid dienone is 4. The summed E-state index contributed by atoms with van der Waals surface area (Å²) in [5, 5.41) is 14.5. The number of aliphatic hydroxyl groups excluding tert-OH is 1. The van der Waals surface area contributed by atoms with E-state index >= 15 is 0 Å². The topological polar surface area (TPSA) is 52.6 Å². The minimum Gasteiger partial charge on any atom is -0.389 e. The average Bonchev–Trinajstić information content (AvgIpc) is 2.71. The maximum atomic E-state index is 13.2. The van der Waals surface area contributed by atoms with Crippen LogP contribution >= 0.6 is 11.6 Å². The average molecular weight is 421 g/mol.